The van der Waals surface area contributed by atoms with Gasteiger partial charge in [-0.1, -0.05) is 17.7 Å². The van der Waals surface area contributed by atoms with Crippen molar-refractivity contribution in [2.24, 2.45) is 0 Å². The van der Waals surface area contributed by atoms with E-state index in [-0.39, 0.29) is 11.7 Å². The summed E-state index contributed by atoms with van der Waals surface area (Å²) >= 11 is 6.06. The molecule has 0 aliphatic heterocycles. The minimum atomic E-state index is -0.340. The van der Waals surface area contributed by atoms with Crippen LogP contribution < -0.4 is 5.32 Å². The van der Waals surface area contributed by atoms with Crippen LogP contribution in [0, 0.1) is 19.7 Å². The lowest BCUT2D eigenvalue weighted by molar-refractivity contribution is 0.102. The third-order valence-electron chi connectivity index (χ3n) is 4.45. The van der Waals surface area contributed by atoms with Gasteiger partial charge in [0.1, 0.15) is 11.6 Å². The molecule has 6 nitrogen and oxygen atoms in total. The predicted octanol–water partition coefficient (Wildman–Crippen LogP) is 4.72. The number of nitrogens with one attached hydrogen (secondary N) is 1. The number of aromatic nitrogens is 4. The second-order valence-electron chi connectivity index (χ2n) is 6.55. The molecule has 0 bridgehead atoms. The summed E-state index contributed by atoms with van der Waals surface area (Å²) in [6, 6.07) is 14.9. The average Bonchev–Trinajstić information content (AvgIpc) is 3.25. The Morgan fingerprint density at radius 1 is 1.03 bits per heavy atom. The summed E-state index contributed by atoms with van der Waals surface area (Å²) in [6.45, 7) is 3.63. The normalized spacial score (nSPS) is 10.9. The highest BCUT2D eigenvalue weighted by atomic mass is 35.5. The van der Waals surface area contributed by atoms with Crippen molar-refractivity contribution >= 4 is 23.3 Å². The summed E-state index contributed by atoms with van der Waals surface area (Å²) in [5.74, 6) is -0.180. The molecule has 4 aromatic rings. The quantitative estimate of drug-likeness (QED) is 0.530. The van der Waals surface area contributed by atoms with Gasteiger partial charge in [-0.05, 0) is 56.3 Å². The third kappa shape index (κ3) is 3.77. The van der Waals surface area contributed by atoms with Gasteiger partial charge in [-0.2, -0.15) is 10.2 Å². The van der Waals surface area contributed by atoms with Gasteiger partial charge in [-0.15, -0.1) is 0 Å². The maximum absolute atomic E-state index is 13.2. The fourth-order valence-electron chi connectivity index (χ4n) is 3.05. The summed E-state index contributed by atoms with van der Waals surface area (Å²) in [5.41, 5.74) is 3.22. The Balaban J connectivity index is 1.64. The number of carbonyl (C=O) groups is 1. The molecule has 146 valence electrons. The molecule has 8 heteroatoms. The molecule has 0 atom stereocenters. The van der Waals surface area contributed by atoms with E-state index >= 15 is 0 Å². The lowest BCUT2D eigenvalue weighted by atomic mass is 10.2. The number of carbonyl (C=O) groups excluding carboxylic acids is 1. The van der Waals surface area contributed by atoms with E-state index in [9.17, 15) is 9.18 Å². The van der Waals surface area contributed by atoms with E-state index in [4.69, 9.17) is 11.6 Å². The van der Waals surface area contributed by atoms with E-state index in [1.165, 1.54) is 18.3 Å². The van der Waals surface area contributed by atoms with E-state index in [1.54, 1.807) is 39.7 Å². The van der Waals surface area contributed by atoms with Gasteiger partial charge in [-0.3, -0.25) is 4.79 Å². The zero-order valence-corrected chi connectivity index (χ0v) is 16.5. The Morgan fingerprint density at radius 2 is 1.79 bits per heavy atom. The van der Waals surface area contributed by atoms with Crippen molar-refractivity contribution in [3.05, 3.63) is 88.6 Å². The van der Waals surface area contributed by atoms with Crippen LogP contribution in [0.3, 0.4) is 0 Å². The highest BCUT2D eigenvalue weighted by Crippen LogP contribution is 2.21. The second kappa shape index (κ2) is 7.52. The van der Waals surface area contributed by atoms with Gasteiger partial charge in [0, 0.05) is 11.1 Å². The molecular formula is C21H17ClFN5O. The standard InChI is InChI=1S/C21H17ClFN5O/c1-13-10-20(28(26-13)17-8-6-16(23)7-9-17)25-21(29)19-12-24-27(14(19)2)18-5-3-4-15(22)11-18/h3-12H,1-2H3,(H,25,29). The lowest BCUT2D eigenvalue weighted by Gasteiger charge is -2.09. The summed E-state index contributed by atoms with van der Waals surface area (Å²) in [4.78, 5) is 12.9. The van der Waals surface area contributed by atoms with Gasteiger partial charge in [0.15, 0.2) is 0 Å². The fraction of sp³-hybridized carbons (Fsp3) is 0.0952. The maximum atomic E-state index is 13.2. The number of amides is 1. The molecule has 0 unspecified atom stereocenters. The molecular weight excluding hydrogens is 393 g/mol. The molecule has 0 aliphatic carbocycles. The average molecular weight is 410 g/mol. The number of hydrogen-bond donors (Lipinski definition) is 1. The van der Waals surface area contributed by atoms with Crippen LogP contribution in [0.15, 0.2) is 60.8 Å². The third-order valence-corrected chi connectivity index (χ3v) is 4.69. The van der Waals surface area contributed by atoms with Crippen molar-refractivity contribution in [2.45, 2.75) is 13.8 Å². The SMILES string of the molecule is Cc1cc(NC(=O)c2cnn(-c3cccc(Cl)c3)c2C)n(-c2ccc(F)cc2)n1. The first-order valence-electron chi connectivity index (χ1n) is 8.87. The first-order valence-corrected chi connectivity index (χ1v) is 9.25. The molecule has 2 aromatic carbocycles. The van der Waals surface area contributed by atoms with Gasteiger partial charge < -0.3 is 5.32 Å². The molecule has 0 aliphatic rings. The molecule has 1 amide bonds. The summed E-state index contributed by atoms with van der Waals surface area (Å²) < 4.78 is 16.4. The van der Waals surface area contributed by atoms with Crippen molar-refractivity contribution in [3.63, 3.8) is 0 Å². The van der Waals surface area contributed by atoms with Gasteiger partial charge in [0.25, 0.3) is 5.91 Å². The van der Waals surface area contributed by atoms with Crippen LogP contribution in [0.1, 0.15) is 21.7 Å². The van der Waals surface area contributed by atoms with Gasteiger partial charge in [0.2, 0.25) is 0 Å². The van der Waals surface area contributed by atoms with Gasteiger partial charge in [-0.25, -0.2) is 13.8 Å². The number of nitrogens with zero attached hydrogens (tertiary/aromatic N) is 4. The molecule has 0 spiro atoms. The number of hydrogen-bond acceptors (Lipinski definition) is 3. The summed E-state index contributed by atoms with van der Waals surface area (Å²) in [7, 11) is 0. The van der Waals surface area contributed by atoms with Crippen LogP contribution in [-0.2, 0) is 0 Å². The van der Waals surface area contributed by atoms with Crippen molar-refractivity contribution in [2.75, 3.05) is 5.32 Å². The van der Waals surface area contributed by atoms with Crippen LogP contribution in [-0.4, -0.2) is 25.5 Å². The largest absolute Gasteiger partial charge is 0.306 e. The molecule has 0 saturated carbocycles. The van der Waals surface area contributed by atoms with Crippen molar-refractivity contribution in [1.29, 1.82) is 0 Å². The van der Waals surface area contributed by atoms with E-state index in [0.29, 0.717) is 27.8 Å². The molecule has 1 N–H and O–H groups in total. The molecule has 29 heavy (non-hydrogen) atoms. The molecule has 0 saturated heterocycles. The fourth-order valence-corrected chi connectivity index (χ4v) is 3.24. The summed E-state index contributed by atoms with van der Waals surface area (Å²) in [6.07, 6.45) is 1.51. The number of anilines is 1. The zero-order chi connectivity index (χ0) is 20.5. The monoisotopic (exact) mass is 409 g/mol. The van der Waals surface area contributed by atoms with Gasteiger partial charge >= 0.3 is 0 Å². The van der Waals surface area contributed by atoms with Crippen LogP contribution in [0.2, 0.25) is 5.02 Å². The van der Waals surface area contributed by atoms with Crippen LogP contribution in [0.25, 0.3) is 11.4 Å². The Labute approximate surface area is 171 Å². The highest BCUT2D eigenvalue weighted by molar-refractivity contribution is 6.30. The van der Waals surface area contributed by atoms with Crippen LogP contribution >= 0.6 is 11.6 Å². The zero-order valence-electron chi connectivity index (χ0n) is 15.7. The topological polar surface area (TPSA) is 64.7 Å². The smallest absolute Gasteiger partial charge is 0.260 e. The van der Waals surface area contributed by atoms with Crippen molar-refractivity contribution in [1.82, 2.24) is 19.6 Å². The van der Waals surface area contributed by atoms with Gasteiger partial charge in [0.05, 0.1) is 34.5 Å². The number of benzene rings is 2. The number of rotatable bonds is 4. The number of aryl methyl sites for hydroxylation is 1. The van der Waals surface area contributed by atoms with Crippen molar-refractivity contribution < 1.29 is 9.18 Å². The Morgan fingerprint density at radius 3 is 2.52 bits per heavy atom. The Kier molecular flexibility index (Phi) is 4.90. The Hall–Kier alpha value is -3.45. The molecule has 0 fully saturated rings. The van der Waals surface area contributed by atoms with Crippen LogP contribution in [0.5, 0.6) is 0 Å². The molecule has 0 radical (unpaired) electrons. The molecule has 2 aromatic heterocycles. The first kappa shape index (κ1) is 18.9. The Bertz CT molecular complexity index is 1200. The second-order valence-corrected chi connectivity index (χ2v) is 6.99. The summed E-state index contributed by atoms with van der Waals surface area (Å²) in [5, 5.41) is 12.2. The van der Waals surface area contributed by atoms with E-state index in [0.717, 1.165) is 11.4 Å². The molecule has 2 heterocycles. The molecule has 4 rings (SSSR count). The maximum Gasteiger partial charge on any atom is 0.260 e. The minimum absolute atomic E-state index is 0.320. The first-order chi connectivity index (χ1) is 13.9. The predicted molar refractivity (Wildman–Crippen MR) is 110 cm³/mol. The van der Waals surface area contributed by atoms with Crippen LogP contribution in [0.4, 0.5) is 10.2 Å². The van der Waals surface area contributed by atoms with Crippen molar-refractivity contribution in [3.8, 4) is 11.4 Å². The number of halogens is 2. The van der Waals surface area contributed by atoms with E-state index < -0.39 is 0 Å². The highest BCUT2D eigenvalue weighted by Gasteiger charge is 2.18. The lowest BCUT2D eigenvalue weighted by Crippen LogP contribution is -2.16. The minimum Gasteiger partial charge on any atom is -0.306 e. The van der Waals surface area contributed by atoms with E-state index in [2.05, 4.69) is 15.5 Å². The van der Waals surface area contributed by atoms with E-state index in [1.807, 2.05) is 26.0 Å².